The van der Waals surface area contributed by atoms with Gasteiger partial charge in [-0.15, -0.1) is 0 Å². The molecule has 1 fully saturated rings. The van der Waals surface area contributed by atoms with Gasteiger partial charge in [-0.2, -0.15) is 0 Å². The zero-order chi connectivity index (χ0) is 13.7. The van der Waals surface area contributed by atoms with Gasteiger partial charge in [0.25, 0.3) is 0 Å². The molecule has 0 spiro atoms. The number of benzene rings is 1. The number of nitrogens with zero attached hydrogens (tertiary/aromatic N) is 1. The molecule has 19 heavy (non-hydrogen) atoms. The monoisotopic (exact) mass is 324 g/mol. The Balaban J connectivity index is 1.79. The van der Waals surface area contributed by atoms with Crippen molar-refractivity contribution >= 4 is 15.9 Å². The smallest absolute Gasteiger partial charge is 0.0233 e. The minimum atomic E-state index is 0.757. The lowest BCUT2D eigenvalue weighted by atomic mass is 9.78. The fourth-order valence-electron chi connectivity index (χ4n) is 2.83. The van der Waals surface area contributed by atoms with E-state index < -0.39 is 0 Å². The molecular formula is C16H25BrN2. The van der Waals surface area contributed by atoms with Crippen LogP contribution in [0.1, 0.15) is 31.7 Å². The van der Waals surface area contributed by atoms with E-state index >= 15 is 0 Å². The molecule has 106 valence electrons. The molecule has 1 aliphatic rings. The summed E-state index contributed by atoms with van der Waals surface area (Å²) >= 11 is 3.49. The van der Waals surface area contributed by atoms with Crippen LogP contribution in [-0.4, -0.2) is 31.1 Å². The first-order chi connectivity index (χ1) is 9.20. The largest absolute Gasteiger partial charge is 0.316 e. The molecule has 1 aliphatic carbocycles. The fraction of sp³-hybridized carbons (Fsp3) is 0.625. The van der Waals surface area contributed by atoms with E-state index in [9.17, 15) is 0 Å². The Bertz CT molecular complexity index is 377. The average Bonchev–Trinajstić information content (AvgIpc) is 2.36. The van der Waals surface area contributed by atoms with Crippen LogP contribution < -0.4 is 5.32 Å². The Morgan fingerprint density at radius 2 is 2.00 bits per heavy atom. The Hall–Kier alpha value is -0.380. The molecule has 1 saturated carbocycles. The van der Waals surface area contributed by atoms with E-state index in [1.165, 1.54) is 31.4 Å². The minimum absolute atomic E-state index is 0.757. The van der Waals surface area contributed by atoms with Gasteiger partial charge in [-0.1, -0.05) is 35.0 Å². The zero-order valence-corrected chi connectivity index (χ0v) is 13.6. The molecule has 0 aliphatic heterocycles. The average molecular weight is 325 g/mol. The predicted molar refractivity (Wildman–Crippen MR) is 85.3 cm³/mol. The number of rotatable bonds is 7. The van der Waals surface area contributed by atoms with Crippen molar-refractivity contribution in [3.63, 3.8) is 0 Å². The van der Waals surface area contributed by atoms with Crippen LogP contribution in [0.5, 0.6) is 0 Å². The molecule has 0 radical (unpaired) electrons. The van der Waals surface area contributed by atoms with Gasteiger partial charge in [-0.05, 0) is 63.0 Å². The second kappa shape index (κ2) is 7.41. The number of halogens is 1. The van der Waals surface area contributed by atoms with Gasteiger partial charge < -0.3 is 5.32 Å². The summed E-state index contributed by atoms with van der Waals surface area (Å²) in [5, 5.41) is 3.56. The van der Waals surface area contributed by atoms with E-state index in [1.807, 2.05) is 0 Å². The lowest BCUT2D eigenvalue weighted by Crippen LogP contribution is -2.48. The number of nitrogens with one attached hydrogen (secondary N) is 1. The highest BCUT2D eigenvalue weighted by atomic mass is 79.9. The summed E-state index contributed by atoms with van der Waals surface area (Å²) in [6, 6.07) is 9.44. The van der Waals surface area contributed by atoms with Crippen LogP contribution in [0.4, 0.5) is 0 Å². The Morgan fingerprint density at radius 3 is 2.58 bits per heavy atom. The molecule has 2 unspecified atom stereocenters. The van der Waals surface area contributed by atoms with Crippen LogP contribution in [0.25, 0.3) is 0 Å². The lowest BCUT2D eigenvalue weighted by Gasteiger charge is -2.43. The number of hydrogen-bond donors (Lipinski definition) is 1. The van der Waals surface area contributed by atoms with E-state index in [4.69, 9.17) is 0 Å². The van der Waals surface area contributed by atoms with Crippen molar-refractivity contribution in [3.8, 4) is 0 Å². The van der Waals surface area contributed by atoms with Gasteiger partial charge >= 0.3 is 0 Å². The summed E-state index contributed by atoms with van der Waals surface area (Å²) in [7, 11) is 2.26. The van der Waals surface area contributed by atoms with Gasteiger partial charge in [0.1, 0.15) is 0 Å². The summed E-state index contributed by atoms with van der Waals surface area (Å²) in [5.74, 6) is 0.840. The van der Waals surface area contributed by atoms with Crippen molar-refractivity contribution < 1.29 is 0 Å². The van der Waals surface area contributed by atoms with Crippen molar-refractivity contribution in [1.82, 2.24) is 10.2 Å². The molecule has 0 heterocycles. The van der Waals surface area contributed by atoms with Gasteiger partial charge in [0.05, 0.1) is 0 Å². The normalized spacial score (nSPS) is 22.5. The van der Waals surface area contributed by atoms with E-state index in [-0.39, 0.29) is 0 Å². The van der Waals surface area contributed by atoms with Gasteiger partial charge in [0, 0.05) is 17.1 Å². The maximum atomic E-state index is 3.56. The highest BCUT2D eigenvalue weighted by Crippen LogP contribution is 2.31. The topological polar surface area (TPSA) is 15.3 Å². The van der Waals surface area contributed by atoms with Crippen molar-refractivity contribution in [1.29, 1.82) is 0 Å². The molecule has 0 amide bonds. The van der Waals surface area contributed by atoms with E-state index in [0.717, 1.165) is 29.5 Å². The van der Waals surface area contributed by atoms with E-state index in [2.05, 4.69) is 64.4 Å². The summed E-state index contributed by atoms with van der Waals surface area (Å²) in [6.45, 7) is 5.62. The molecule has 1 aromatic carbocycles. The maximum Gasteiger partial charge on any atom is 0.0233 e. The van der Waals surface area contributed by atoms with Crippen LogP contribution in [0.15, 0.2) is 28.7 Å². The first-order valence-electron chi connectivity index (χ1n) is 7.36. The fourth-order valence-corrected chi connectivity index (χ4v) is 3.09. The molecule has 1 N–H and O–H groups in total. The van der Waals surface area contributed by atoms with Gasteiger partial charge in [0.2, 0.25) is 0 Å². The first kappa shape index (κ1) is 15.0. The molecule has 0 saturated heterocycles. The third-order valence-corrected chi connectivity index (χ3v) is 4.65. The third kappa shape index (κ3) is 4.30. The molecule has 2 nitrogen and oxygen atoms in total. The number of hydrogen-bond acceptors (Lipinski definition) is 2. The molecule has 0 bridgehead atoms. The molecule has 3 heteroatoms. The van der Waals surface area contributed by atoms with Crippen LogP contribution >= 0.6 is 15.9 Å². The van der Waals surface area contributed by atoms with E-state index in [0.29, 0.717) is 0 Å². The van der Waals surface area contributed by atoms with Crippen LogP contribution in [-0.2, 0) is 6.54 Å². The van der Waals surface area contributed by atoms with Gasteiger partial charge in [-0.3, -0.25) is 4.90 Å². The van der Waals surface area contributed by atoms with Crippen molar-refractivity contribution in [2.45, 2.75) is 38.8 Å². The molecule has 2 atom stereocenters. The standard InChI is InChI=1S/C16H25BrN2/c1-3-10-18-11-14-6-9-16(14)19(2)12-13-4-7-15(17)8-5-13/h4-5,7-8,14,16,18H,3,6,9-12H2,1-2H3. The van der Waals surface area contributed by atoms with Gasteiger partial charge in [-0.25, -0.2) is 0 Å². The summed E-state index contributed by atoms with van der Waals surface area (Å²) in [5.41, 5.74) is 1.40. The Labute approximate surface area is 125 Å². The quantitative estimate of drug-likeness (QED) is 0.770. The molecular weight excluding hydrogens is 300 g/mol. The van der Waals surface area contributed by atoms with Crippen LogP contribution in [0.3, 0.4) is 0 Å². The zero-order valence-electron chi connectivity index (χ0n) is 12.0. The summed E-state index contributed by atoms with van der Waals surface area (Å²) in [6.07, 6.45) is 3.96. The second-order valence-electron chi connectivity index (χ2n) is 5.65. The highest BCUT2D eigenvalue weighted by molar-refractivity contribution is 9.10. The van der Waals surface area contributed by atoms with Crippen LogP contribution in [0, 0.1) is 5.92 Å². The first-order valence-corrected chi connectivity index (χ1v) is 8.15. The predicted octanol–water partition coefficient (Wildman–Crippen LogP) is 3.66. The molecule has 2 rings (SSSR count). The van der Waals surface area contributed by atoms with Crippen LogP contribution in [0.2, 0.25) is 0 Å². The van der Waals surface area contributed by atoms with Crippen molar-refractivity contribution in [2.75, 3.05) is 20.1 Å². The lowest BCUT2D eigenvalue weighted by molar-refractivity contribution is 0.0782. The minimum Gasteiger partial charge on any atom is -0.316 e. The van der Waals surface area contributed by atoms with Crippen molar-refractivity contribution in [2.24, 2.45) is 5.92 Å². The van der Waals surface area contributed by atoms with E-state index in [1.54, 1.807) is 0 Å². The van der Waals surface area contributed by atoms with Crippen molar-refractivity contribution in [3.05, 3.63) is 34.3 Å². The summed E-state index contributed by atoms with van der Waals surface area (Å²) in [4.78, 5) is 2.52. The highest BCUT2D eigenvalue weighted by Gasteiger charge is 2.33. The summed E-state index contributed by atoms with van der Waals surface area (Å²) < 4.78 is 1.16. The Morgan fingerprint density at radius 1 is 1.26 bits per heavy atom. The Kier molecular flexibility index (Phi) is 5.86. The third-order valence-electron chi connectivity index (χ3n) is 4.12. The maximum absolute atomic E-state index is 3.56. The SMILES string of the molecule is CCCNCC1CCC1N(C)Cc1ccc(Br)cc1. The second-order valence-corrected chi connectivity index (χ2v) is 6.57. The van der Waals surface area contributed by atoms with Gasteiger partial charge in [0.15, 0.2) is 0 Å². The molecule has 0 aromatic heterocycles. The molecule has 1 aromatic rings.